The summed E-state index contributed by atoms with van der Waals surface area (Å²) in [6, 6.07) is 8.61. The van der Waals surface area contributed by atoms with Crippen LogP contribution in [0.15, 0.2) is 47.2 Å². The van der Waals surface area contributed by atoms with Gasteiger partial charge in [-0.15, -0.1) is 0 Å². The fourth-order valence-corrected chi connectivity index (χ4v) is 1.96. The van der Waals surface area contributed by atoms with Crippen LogP contribution in [0, 0.1) is 6.92 Å². The molecule has 5 heteroatoms. The molecule has 0 saturated carbocycles. The predicted molar refractivity (Wildman–Crippen MR) is 78.7 cm³/mol. The van der Waals surface area contributed by atoms with Crippen molar-refractivity contribution in [1.82, 2.24) is 4.98 Å². The molecule has 0 aliphatic rings. The number of hydrogen-bond acceptors (Lipinski definition) is 3. The second-order valence-corrected chi connectivity index (χ2v) is 5.09. The number of nitrogens with two attached hydrogens (primary N) is 1. The first-order valence-electron chi connectivity index (χ1n) is 5.80. The standard InChI is InChI=1S/C14H14BrN3O/c1-9-2-4-10(5-3-9)13(16)14(19)18-12-6-7-17-8-11(12)15/h2-8,13H,16H2,1H3,(H,17,18,19). The lowest BCUT2D eigenvalue weighted by molar-refractivity contribution is -0.117. The summed E-state index contributed by atoms with van der Waals surface area (Å²) in [5.41, 5.74) is 8.52. The van der Waals surface area contributed by atoms with Crippen molar-refractivity contribution in [3.63, 3.8) is 0 Å². The third-order valence-electron chi connectivity index (χ3n) is 2.75. The number of nitrogens with zero attached hydrogens (tertiary/aromatic N) is 1. The van der Waals surface area contributed by atoms with Crippen molar-refractivity contribution in [2.45, 2.75) is 13.0 Å². The summed E-state index contributed by atoms with van der Waals surface area (Å²) >= 11 is 3.32. The van der Waals surface area contributed by atoms with Gasteiger partial charge in [-0.05, 0) is 34.5 Å². The van der Waals surface area contributed by atoms with Gasteiger partial charge in [0.2, 0.25) is 5.91 Å². The maximum Gasteiger partial charge on any atom is 0.245 e. The van der Waals surface area contributed by atoms with Crippen molar-refractivity contribution in [3.05, 3.63) is 58.3 Å². The van der Waals surface area contributed by atoms with E-state index in [2.05, 4.69) is 26.2 Å². The van der Waals surface area contributed by atoms with Gasteiger partial charge in [0.15, 0.2) is 0 Å². The molecule has 4 nitrogen and oxygen atoms in total. The van der Waals surface area contributed by atoms with E-state index in [4.69, 9.17) is 5.73 Å². The molecule has 1 aromatic heterocycles. The lowest BCUT2D eigenvalue weighted by Gasteiger charge is -2.13. The van der Waals surface area contributed by atoms with Crippen LogP contribution in [-0.4, -0.2) is 10.9 Å². The Kier molecular flexibility index (Phi) is 4.29. The van der Waals surface area contributed by atoms with Crippen LogP contribution in [0.3, 0.4) is 0 Å². The van der Waals surface area contributed by atoms with Crippen LogP contribution in [0.4, 0.5) is 5.69 Å². The van der Waals surface area contributed by atoms with Crippen LogP contribution in [0.5, 0.6) is 0 Å². The van der Waals surface area contributed by atoms with Gasteiger partial charge in [-0.3, -0.25) is 9.78 Å². The van der Waals surface area contributed by atoms with Gasteiger partial charge in [0.25, 0.3) is 0 Å². The Hall–Kier alpha value is -1.72. The number of carbonyl (C=O) groups excluding carboxylic acids is 1. The number of halogens is 1. The zero-order valence-corrected chi connectivity index (χ0v) is 12.0. The normalized spacial score (nSPS) is 11.9. The van der Waals surface area contributed by atoms with Crippen LogP contribution >= 0.6 is 15.9 Å². The van der Waals surface area contributed by atoms with Gasteiger partial charge >= 0.3 is 0 Å². The zero-order valence-electron chi connectivity index (χ0n) is 10.4. The highest BCUT2D eigenvalue weighted by Gasteiger charge is 2.16. The molecule has 0 aliphatic heterocycles. The fraction of sp³-hybridized carbons (Fsp3) is 0.143. The molecule has 19 heavy (non-hydrogen) atoms. The summed E-state index contributed by atoms with van der Waals surface area (Å²) < 4.78 is 0.722. The number of anilines is 1. The molecule has 0 spiro atoms. The molecular weight excluding hydrogens is 306 g/mol. The molecule has 0 bridgehead atoms. The fourth-order valence-electron chi connectivity index (χ4n) is 1.61. The Morgan fingerprint density at radius 1 is 1.32 bits per heavy atom. The highest BCUT2D eigenvalue weighted by molar-refractivity contribution is 9.10. The number of rotatable bonds is 3. The molecule has 98 valence electrons. The Morgan fingerprint density at radius 2 is 2.00 bits per heavy atom. The minimum absolute atomic E-state index is 0.254. The van der Waals surface area contributed by atoms with E-state index in [0.29, 0.717) is 5.69 Å². The maximum absolute atomic E-state index is 12.1. The molecule has 1 heterocycles. The predicted octanol–water partition coefficient (Wildman–Crippen LogP) is 2.79. The van der Waals surface area contributed by atoms with Crippen LogP contribution in [-0.2, 0) is 4.79 Å². The molecule has 0 aliphatic carbocycles. The minimum Gasteiger partial charge on any atom is -0.323 e. The maximum atomic E-state index is 12.1. The van der Waals surface area contributed by atoms with E-state index >= 15 is 0 Å². The minimum atomic E-state index is -0.694. The van der Waals surface area contributed by atoms with Crippen molar-refractivity contribution in [1.29, 1.82) is 0 Å². The van der Waals surface area contributed by atoms with Crippen LogP contribution in [0.2, 0.25) is 0 Å². The van der Waals surface area contributed by atoms with E-state index in [-0.39, 0.29) is 5.91 Å². The van der Waals surface area contributed by atoms with Crippen molar-refractivity contribution in [2.75, 3.05) is 5.32 Å². The summed E-state index contributed by atoms with van der Waals surface area (Å²) in [4.78, 5) is 16.0. The topological polar surface area (TPSA) is 68.0 Å². The average Bonchev–Trinajstić information content (AvgIpc) is 2.41. The number of benzene rings is 1. The molecule has 1 atom stereocenters. The molecule has 2 aromatic rings. The van der Waals surface area contributed by atoms with Crippen molar-refractivity contribution in [3.8, 4) is 0 Å². The van der Waals surface area contributed by atoms with Crippen molar-refractivity contribution < 1.29 is 4.79 Å². The van der Waals surface area contributed by atoms with Gasteiger partial charge < -0.3 is 11.1 Å². The monoisotopic (exact) mass is 319 g/mol. The molecule has 0 radical (unpaired) electrons. The Morgan fingerprint density at radius 3 is 2.63 bits per heavy atom. The molecule has 3 N–H and O–H groups in total. The molecule has 2 rings (SSSR count). The zero-order chi connectivity index (χ0) is 13.8. The lowest BCUT2D eigenvalue weighted by atomic mass is 10.1. The number of nitrogens with one attached hydrogen (secondary N) is 1. The van der Waals surface area contributed by atoms with Gasteiger partial charge in [0.05, 0.1) is 10.2 Å². The number of aromatic nitrogens is 1. The summed E-state index contributed by atoms with van der Waals surface area (Å²) in [5, 5.41) is 2.77. The Bertz CT molecular complexity index is 583. The van der Waals surface area contributed by atoms with Crippen molar-refractivity contribution >= 4 is 27.5 Å². The summed E-state index contributed by atoms with van der Waals surface area (Å²) in [7, 11) is 0. The molecule has 1 unspecified atom stereocenters. The highest BCUT2D eigenvalue weighted by Crippen LogP contribution is 2.21. The van der Waals surface area contributed by atoms with Crippen LogP contribution < -0.4 is 11.1 Å². The van der Waals surface area contributed by atoms with E-state index in [1.807, 2.05) is 31.2 Å². The quantitative estimate of drug-likeness (QED) is 0.914. The Labute approximate surface area is 120 Å². The van der Waals surface area contributed by atoms with Crippen molar-refractivity contribution in [2.24, 2.45) is 5.73 Å². The summed E-state index contributed by atoms with van der Waals surface area (Å²) in [5.74, 6) is -0.254. The third kappa shape index (κ3) is 3.39. The van der Waals surface area contributed by atoms with E-state index < -0.39 is 6.04 Å². The van der Waals surface area contributed by atoms with Gasteiger partial charge in [-0.1, -0.05) is 29.8 Å². The van der Waals surface area contributed by atoms with Gasteiger partial charge in [0, 0.05) is 12.4 Å². The lowest BCUT2D eigenvalue weighted by Crippen LogP contribution is -2.27. The average molecular weight is 320 g/mol. The molecule has 1 amide bonds. The third-order valence-corrected chi connectivity index (χ3v) is 3.38. The number of carbonyl (C=O) groups is 1. The number of hydrogen-bond donors (Lipinski definition) is 2. The van der Waals surface area contributed by atoms with E-state index in [9.17, 15) is 4.79 Å². The van der Waals surface area contributed by atoms with E-state index in [0.717, 1.165) is 15.6 Å². The molecule has 1 aromatic carbocycles. The summed E-state index contributed by atoms with van der Waals surface area (Å²) in [6.07, 6.45) is 3.23. The first-order valence-corrected chi connectivity index (χ1v) is 6.60. The SMILES string of the molecule is Cc1ccc(C(N)C(=O)Nc2ccncc2Br)cc1. The smallest absolute Gasteiger partial charge is 0.245 e. The largest absolute Gasteiger partial charge is 0.323 e. The number of amides is 1. The highest BCUT2D eigenvalue weighted by atomic mass is 79.9. The van der Waals surface area contributed by atoms with E-state index in [1.165, 1.54) is 0 Å². The second-order valence-electron chi connectivity index (χ2n) is 4.23. The van der Waals surface area contributed by atoms with Gasteiger partial charge in [-0.2, -0.15) is 0 Å². The summed E-state index contributed by atoms with van der Waals surface area (Å²) in [6.45, 7) is 1.99. The van der Waals surface area contributed by atoms with Crippen LogP contribution in [0.1, 0.15) is 17.2 Å². The van der Waals surface area contributed by atoms with Gasteiger partial charge in [-0.25, -0.2) is 0 Å². The second kappa shape index (κ2) is 5.95. The Balaban J connectivity index is 2.12. The first kappa shape index (κ1) is 13.7. The molecule has 0 saturated heterocycles. The first-order chi connectivity index (χ1) is 9.08. The molecular formula is C14H14BrN3O. The van der Waals surface area contributed by atoms with E-state index in [1.54, 1.807) is 18.5 Å². The van der Waals surface area contributed by atoms with Gasteiger partial charge in [0.1, 0.15) is 6.04 Å². The number of aryl methyl sites for hydroxylation is 1. The molecule has 0 fully saturated rings. The van der Waals surface area contributed by atoms with Crippen LogP contribution in [0.25, 0.3) is 0 Å². The number of pyridine rings is 1.